The standard InChI is InChI=1S/C19H22ClN5O/c20-16-5-3-6-17(15-16)23-13-11-22(12-14-23)8-4-10-25-19(26)24-9-2-1-7-18(24)21-25/h1-3,5-7,9,15H,4,8,10-14H2/i1D,2D,3D,4D2,5D,6D,7D,9D,15D. The number of halogens is 1. The number of piperazine rings is 1. The summed E-state index contributed by atoms with van der Waals surface area (Å²) < 4.78 is 81.8. The van der Waals surface area contributed by atoms with E-state index in [4.69, 9.17) is 25.3 Å². The SMILES string of the molecule is [2H]c1c([2H])c(Cl)c([2H])c(N2CCN(CC([2H])([2H])Cn3nc4c([2H])c([2H])c([2H])c([2H])n4c3=O)CC2)c1[2H]. The molecule has 0 aliphatic carbocycles. The summed E-state index contributed by atoms with van der Waals surface area (Å²) in [7, 11) is 0. The van der Waals surface area contributed by atoms with Gasteiger partial charge in [0.15, 0.2) is 5.65 Å². The Kier molecular flexibility index (Phi) is 2.62. The summed E-state index contributed by atoms with van der Waals surface area (Å²) in [5, 5.41) is 3.76. The number of anilines is 1. The van der Waals surface area contributed by atoms with Crippen LogP contribution in [0.5, 0.6) is 0 Å². The van der Waals surface area contributed by atoms with Crippen LogP contribution in [0, 0.1) is 0 Å². The van der Waals surface area contributed by atoms with Crippen LogP contribution < -0.4 is 10.6 Å². The molecule has 3 heterocycles. The van der Waals surface area contributed by atoms with Crippen LogP contribution in [0.15, 0.2) is 53.3 Å². The van der Waals surface area contributed by atoms with Crippen LogP contribution >= 0.6 is 11.6 Å². The molecule has 0 bridgehead atoms. The molecular formula is C19H22ClN5O. The van der Waals surface area contributed by atoms with E-state index in [-0.39, 0.29) is 47.1 Å². The summed E-state index contributed by atoms with van der Waals surface area (Å²) in [5.74, 6) is 0. The van der Waals surface area contributed by atoms with Gasteiger partial charge in [0.1, 0.15) is 0 Å². The van der Waals surface area contributed by atoms with E-state index >= 15 is 0 Å². The first-order valence-corrected chi connectivity index (χ1v) is 8.42. The molecule has 1 aliphatic rings. The average Bonchev–Trinajstić information content (AvgIpc) is 3.15. The first-order valence-electron chi connectivity index (χ1n) is 13.0. The van der Waals surface area contributed by atoms with Gasteiger partial charge in [0, 0.05) is 58.9 Å². The molecule has 1 fully saturated rings. The monoisotopic (exact) mass is 381 g/mol. The predicted molar refractivity (Wildman–Crippen MR) is 104 cm³/mol. The van der Waals surface area contributed by atoms with Crippen molar-refractivity contribution in [1.29, 1.82) is 0 Å². The fourth-order valence-electron chi connectivity index (χ4n) is 2.78. The van der Waals surface area contributed by atoms with Gasteiger partial charge in [-0.1, -0.05) is 23.7 Å². The summed E-state index contributed by atoms with van der Waals surface area (Å²) >= 11 is 6.01. The van der Waals surface area contributed by atoms with E-state index in [0.717, 1.165) is 9.08 Å². The molecule has 0 radical (unpaired) electrons. The van der Waals surface area contributed by atoms with Crippen LogP contribution in [0.4, 0.5) is 5.69 Å². The van der Waals surface area contributed by atoms with E-state index in [1.807, 2.05) is 4.90 Å². The lowest BCUT2D eigenvalue weighted by Crippen LogP contribution is -2.46. The summed E-state index contributed by atoms with van der Waals surface area (Å²) in [4.78, 5) is 16.3. The van der Waals surface area contributed by atoms with E-state index in [1.165, 1.54) is 0 Å². The fraction of sp³-hybridized carbons (Fsp3) is 0.368. The van der Waals surface area contributed by atoms with Crippen molar-refractivity contribution in [2.45, 2.75) is 12.9 Å². The highest BCUT2D eigenvalue weighted by molar-refractivity contribution is 6.30. The molecule has 4 rings (SSSR count). The minimum atomic E-state index is -1.94. The van der Waals surface area contributed by atoms with Crippen LogP contribution in [-0.2, 0) is 6.54 Å². The van der Waals surface area contributed by atoms with Gasteiger partial charge in [0.2, 0.25) is 0 Å². The number of hydrogen-bond acceptors (Lipinski definition) is 4. The van der Waals surface area contributed by atoms with Gasteiger partial charge in [-0.2, -0.15) is 0 Å². The predicted octanol–water partition coefficient (Wildman–Crippen LogP) is 2.36. The number of aryl methyl sites for hydroxylation is 1. The Labute approximate surface area is 171 Å². The number of benzene rings is 1. The molecule has 0 unspecified atom stereocenters. The summed E-state index contributed by atoms with van der Waals surface area (Å²) in [6.45, 7) is 0.849. The number of fused-ring (bicyclic) bond motifs is 1. The summed E-state index contributed by atoms with van der Waals surface area (Å²) in [6.07, 6.45) is -2.52. The van der Waals surface area contributed by atoms with Gasteiger partial charge in [-0.05, 0) is 36.6 Å². The zero-order valence-electron chi connectivity index (χ0n) is 23.8. The second-order valence-electron chi connectivity index (χ2n) is 5.76. The van der Waals surface area contributed by atoms with Gasteiger partial charge < -0.3 is 4.90 Å². The Morgan fingerprint density at radius 1 is 1.12 bits per heavy atom. The summed E-state index contributed by atoms with van der Waals surface area (Å²) in [6, 6.07) is -2.76. The van der Waals surface area contributed by atoms with Crippen molar-refractivity contribution in [3.05, 3.63) is 64.0 Å². The van der Waals surface area contributed by atoms with Crippen molar-refractivity contribution in [3.8, 4) is 0 Å². The van der Waals surface area contributed by atoms with Crippen molar-refractivity contribution < 1.29 is 13.7 Å². The van der Waals surface area contributed by atoms with Gasteiger partial charge in [-0.25, -0.2) is 9.48 Å². The van der Waals surface area contributed by atoms with E-state index in [9.17, 15) is 4.79 Å². The topological polar surface area (TPSA) is 45.8 Å². The van der Waals surface area contributed by atoms with Gasteiger partial charge in [0.05, 0.1) is 11.0 Å². The highest BCUT2D eigenvalue weighted by Crippen LogP contribution is 2.20. The summed E-state index contributed by atoms with van der Waals surface area (Å²) in [5.41, 5.74) is -0.976. The molecule has 2 aromatic heterocycles. The Morgan fingerprint density at radius 3 is 2.81 bits per heavy atom. The Hall–Kier alpha value is -2.31. The lowest BCUT2D eigenvalue weighted by molar-refractivity contribution is 0.248. The Balaban J connectivity index is 1.49. The smallest absolute Gasteiger partial charge is 0.350 e. The molecule has 0 amide bonds. The molecule has 26 heavy (non-hydrogen) atoms. The number of rotatable bonds is 5. The number of nitrogens with zero attached hydrogens (tertiary/aromatic N) is 5. The molecule has 1 aliphatic heterocycles. The zero-order chi connectivity index (χ0) is 26.7. The van der Waals surface area contributed by atoms with E-state index in [1.54, 1.807) is 4.90 Å². The van der Waals surface area contributed by atoms with Crippen LogP contribution in [0.3, 0.4) is 0 Å². The lowest BCUT2D eigenvalue weighted by Gasteiger charge is -2.36. The maximum atomic E-state index is 12.7. The second kappa shape index (κ2) is 7.51. The number of hydrogen-bond donors (Lipinski definition) is 0. The number of aromatic nitrogens is 3. The Morgan fingerprint density at radius 2 is 1.96 bits per heavy atom. The highest BCUT2D eigenvalue weighted by Gasteiger charge is 2.17. The first kappa shape index (κ1) is 9.06. The van der Waals surface area contributed by atoms with Gasteiger partial charge >= 0.3 is 5.69 Å². The molecule has 0 spiro atoms. The van der Waals surface area contributed by atoms with Crippen LogP contribution in [-0.4, -0.2) is 51.8 Å². The second-order valence-corrected chi connectivity index (χ2v) is 6.14. The Bertz CT molecular complexity index is 1390. The van der Waals surface area contributed by atoms with E-state index in [2.05, 4.69) is 5.10 Å². The fourth-order valence-corrected chi connectivity index (χ4v) is 2.91. The maximum Gasteiger partial charge on any atom is 0.350 e. The molecule has 3 aromatic rings. The molecule has 0 atom stereocenters. The van der Waals surface area contributed by atoms with Crippen LogP contribution in [0.25, 0.3) is 5.65 Å². The zero-order valence-corrected chi connectivity index (χ0v) is 14.5. The molecular weight excluding hydrogens is 350 g/mol. The number of pyridine rings is 1. The van der Waals surface area contributed by atoms with Crippen LogP contribution in [0.1, 0.15) is 20.1 Å². The van der Waals surface area contributed by atoms with Crippen molar-refractivity contribution >= 4 is 22.9 Å². The maximum absolute atomic E-state index is 12.7. The third-order valence-electron chi connectivity index (χ3n) is 4.11. The molecule has 7 heteroatoms. The molecule has 1 saturated heterocycles. The van der Waals surface area contributed by atoms with Gasteiger partial charge in [-0.15, -0.1) is 5.10 Å². The third kappa shape index (κ3) is 3.61. The first-order chi connectivity index (χ1) is 16.7. The van der Waals surface area contributed by atoms with Gasteiger partial charge in [-0.3, -0.25) is 9.30 Å². The normalized spacial score (nSPS) is 21.7. The van der Waals surface area contributed by atoms with Crippen molar-refractivity contribution in [3.63, 3.8) is 0 Å². The average molecular weight is 382 g/mol. The van der Waals surface area contributed by atoms with Crippen molar-refractivity contribution in [2.24, 2.45) is 0 Å². The quantitative estimate of drug-likeness (QED) is 0.680. The highest BCUT2D eigenvalue weighted by atomic mass is 35.5. The van der Waals surface area contributed by atoms with E-state index in [0.29, 0.717) is 26.2 Å². The lowest BCUT2D eigenvalue weighted by atomic mass is 10.2. The van der Waals surface area contributed by atoms with Gasteiger partial charge in [0.25, 0.3) is 0 Å². The molecule has 0 N–H and O–H groups in total. The molecule has 6 nitrogen and oxygen atoms in total. The third-order valence-corrected chi connectivity index (χ3v) is 4.30. The minimum Gasteiger partial charge on any atom is -0.369 e. The van der Waals surface area contributed by atoms with Crippen LogP contribution in [0.2, 0.25) is 5.02 Å². The van der Waals surface area contributed by atoms with Crippen molar-refractivity contribution in [1.82, 2.24) is 19.1 Å². The minimum absolute atomic E-state index is 0.0758. The largest absolute Gasteiger partial charge is 0.369 e. The molecule has 0 saturated carbocycles. The molecule has 1 aromatic carbocycles. The van der Waals surface area contributed by atoms with Crippen molar-refractivity contribution in [2.75, 3.05) is 37.6 Å². The molecule has 136 valence electrons. The van der Waals surface area contributed by atoms with E-state index < -0.39 is 42.9 Å².